The average Bonchev–Trinajstić information content (AvgIpc) is 3.44. The Bertz CT molecular complexity index is 1020. The van der Waals surface area contributed by atoms with Gasteiger partial charge in [0.1, 0.15) is 5.75 Å². The first-order valence-corrected chi connectivity index (χ1v) is 11.2. The predicted octanol–water partition coefficient (Wildman–Crippen LogP) is 3.13. The first kappa shape index (κ1) is 20.4. The number of ether oxygens (including phenoxy) is 1. The van der Waals surface area contributed by atoms with Crippen LogP contribution in [0.5, 0.6) is 5.75 Å². The minimum absolute atomic E-state index is 0.0150. The Kier molecular flexibility index (Phi) is 6.32. The molecular weight excluding hydrogens is 400 g/mol. The Hall–Kier alpha value is -2.87. The Morgan fingerprint density at radius 2 is 2.13 bits per heavy atom. The third-order valence-corrected chi connectivity index (χ3v) is 6.07. The molecule has 4 rings (SSSR count). The number of nitrogens with one attached hydrogen (secondary N) is 1. The van der Waals surface area contributed by atoms with Crippen LogP contribution in [0.3, 0.4) is 0 Å². The van der Waals surface area contributed by atoms with Crippen molar-refractivity contribution in [1.29, 1.82) is 0 Å². The van der Waals surface area contributed by atoms with Crippen molar-refractivity contribution < 1.29 is 14.3 Å². The lowest BCUT2D eigenvalue weighted by molar-refractivity contribution is -0.127. The first-order valence-electron chi connectivity index (χ1n) is 10.4. The standard InChI is InChI=1S/C22H26N4O3S/c1-2-29-18-8-6-16(7-9-18)19-14-26-17(15-30-22(26)24-19)13-20(27)23-10-4-12-25-11-3-5-21(25)28/h6-9,14-15H,2-5,10-13H2,1H3,(H,23,27). The number of benzene rings is 1. The van der Waals surface area contributed by atoms with E-state index in [0.29, 0.717) is 26.0 Å². The number of amides is 2. The van der Waals surface area contributed by atoms with Crippen molar-refractivity contribution >= 4 is 28.1 Å². The highest BCUT2D eigenvalue weighted by Crippen LogP contribution is 2.25. The Labute approximate surface area is 179 Å². The van der Waals surface area contributed by atoms with E-state index in [-0.39, 0.29) is 11.8 Å². The quantitative estimate of drug-likeness (QED) is 0.534. The van der Waals surface area contributed by atoms with Crippen LogP contribution in [0.4, 0.5) is 0 Å². The second-order valence-electron chi connectivity index (χ2n) is 7.33. The van der Waals surface area contributed by atoms with Crippen molar-refractivity contribution in [3.8, 4) is 17.0 Å². The monoisotopic (exact) mass is 426 g/mol. The molecule has 30 heavy (non-hydrogen) atoms. The number of carbonyl (C=O) groups is 2. The van der Waals surface area contributed by atoms with Gasteiger partial charge in [-0.15, -0.1) is 11.3 Å². The zero-order chi connectivity index (χ0) is 20.9. The molecule has 1 saturated heterocycles. The van der Waals surface area contributed by atoms with E-state index in [1.54, 1.807) is 0 Å². The highest BCUT2D eigenvalue weighted by atomic mass is 32.1. The fourth-order valence-electron chi connectivity index (χ4n) is 3.65. The van der Waals surface area contributed by atoms with Crippen LogP contribution in [-0.4, -0.2) is 52.3 Å². The maximum atomic E-state index is 12.4. The number of nitrogens with zero attached hydrogens (tertiary/aromatic N) is 3. The SMILES string of the molecule is CCOc1ccc(-c2cn3c(CC(=O)NCCCN4CCCC4=O)csc3n2)cc1. The molecule has 2 amide bonds. The van der Waals surface area contributed by atoms with Gasteiger partial charge < -0.3 is 15.0 Å². The number of likely N-dealkylation sites (tertiary alicyclic amines) is 1. The molecule has 7 nitrogen and oxygen atoms in total. The molecule has 2 aromatic heterocycles. The number of hydrogen-bond donors (Lipinski definition) is 1. The number of hydrogen-bond acceptors (Lipinski definition) is 5. The van der Waals surface area contributed by atoms with Gasteiger partial charge in [-0.1, -0.05) is 0 Å². The lowest BCUT2D eigenvalue weighted by Crippen LogP contribution is -2.31. The largest absolute Gasteiger partial charge is 0.494 e. The van der Waals surface area contributed by atoms with E-state index in [9.17, 15) is 9.59 Å². The summed E-state index contributed by atoms with van der Waals surface area (Å²) in [5.74, 6) is 1.05. The van der Waals surface area contributed by atoms with Crippen molar-refractivity contribution in [3.63, 3.8) is 0 Å². The van der Waals surface area contributed by atoms with Gasteiger partial charge in [-0.25, -0.2) is 4.98 Å². The summed E-state index contributed by atoms with van der Waals surface area (Å²) in [7, 11) is 0. The fourth-order valence-corrected chi connectivity index (χ4v) is 4.52. The third kappa shape index (κ3) is 4.64. The number of imidazole rings is 1. The Morgan fingerprint density at radius 3 is 2.87 bits per heavy atom. The van der Waals surface area contributed by atoms with Crippen LogP contribution in [0.1, 0.15) is 31.9 Å². The molecule has 3 aromatic rings. The van der Waals surface area contributed by atoms with Crippen LogP contribution in [0.2, 0.25) is 0 Å². The molecular formula is C22H26N4O3S. The molecule has 0 spiro atoms. The molecule has 1 aromatic carbocycles. The van der Waals surface area contributed by atoms with Gasteiger partial charge in [0.2, 0.25) is 11.8 Å². The average molecular weight is 427 g/mol. The van der Waals surface area contributed by atoms with Gasteiger partial charge in [-0.3, -0.25) is 14.0 Å². The number of thiazole rings is 1. The summed E-state index contributed by atoms with van der Waals surface area (Å²) in [5.41, 5.74) is 2.81. The van der Waals surface area contributed by atoms with E-state index >= 15 is 0 Å². The molecule has 0 radical (unpaired) electrons. The molecule has 0 bridgehead atoms. The zero-order valence-corrected chi connectivity index (χ0v) is 17.9. The summed E-state index contributed by atoms with van der Waals surface area (Å²) in [5, 5.41) is 4.94. The third-order valence-electron chi connectivity index (χ3n) is 5.18. The normalized spacial score (nSPS) is 13.9. The van der Waals surface area contributed by atoms with Gasteiger partial charge in [0.25, 0.3) is 0 Å². The maximum absolute atomic E-state index is 12.4. The minimum atomic E-state index is -0.0150. The van der Waals surface area contributed by atoms with Gasteiger partial charge in [0.05, 0.1) is 18.7 Å². The summed E-state index contributed by atoms with van der Waals surface area (Å²) in [6.07, 6.45) is 4.67. The maximum Gasteiger partial charge on any atom is 0.225 e. The van der Waals surface area contributed by atoms with Gasteiger partial charge in [-0.2, -0.15) is 0 Å². The summed E-state index contributed by atoms with van der Waals surface area (Å²) in [4.78, 5) is 31.4. The van der Waals surface area contributed by atoms with Crippen molar-refractivity contribution in [1.82, 2.24) is 19.6 Å². The minimum Gasteiger partial charge on any atom is -0.494 e. The molecule has 0 atom stereocenters. The van der Waals surface area contributed by atoms with E-state index in [2.05, 4.69) is 10.3 Å². The Morgan fingerprint density at radius 1 is 1.30 bits per heavy atom. The van der Waals surface area contributed by atoms with Crippen molar-refractivity contribution in [2.75, 3.05) is 26.2 Å². The van der Waals surface area contributed by atoms with Crippen molar-refractivity contribution in [3.05, 3.63) is 41.5 Å². The molecule has 0 saturated carbocycles. The van der Waals surface area contributed by atoms with E-state index in [1.165, 1.54) is 11.3 Å². The van der Waals surface area contributed by atoms with Crippen molar-refractivity contribution in [2.45, 2.75) is 32.6 Å². The fraction of sp³-hybridized carbons (Fsp3) is 0.409. The van der Waals surface area contributed by atoms with Crippen LogP contribution >= 0.6 is 11.3 Å². The molecule has 0 aliphatic carbocycles. The zero-order valence-electron chi connectivity index (χ0n) is 17.1. The van der Waals surface area contributed by atoms with Crippen LogP contribution in [0, 0.1) is 0 Å². The number of fused-ring (bicyclic) bond motifs is 1. The smallest absolute Gasteiger partial charge is 0.225 e. The summed E-state index contributed by atoms with van der Waals surface area (Å²) in [6, 6.07) is 7.87. The van der Waals surface area contributed by atoms with Gasteiger partial charge in [0.15, 0.2) is 4.96 Å². The molecule has 1 aliphatic heterocycles. The molecule has 0 unspecified atom stereocenters. The van der Waals surface area contributed by atoms with Crippen LogP contribution in [-0.2, 0) is 16.0 Å². The number of aromatic nitrogens is 2. The topological polar surface area (TPSA) is 75.9 Å². The second-order valence-corrected chi connectivity index (χ2v) is 8.16. The lowest BCUT2D eigenvalue weighted by Gasteiger charge is -2.15. The van der Waals surface area contributed by atoms with Crippen LogP contribution < -0.4 is 10.1 Å². The van der Waals surface area contributed by atoms with E-state index < -0.39 is 0 Å². The van der Waals surface area contributed by atoms with E-state index in [4.69, 9.17) is 4.74 Å². The second kappa shape index (κ2) is 9.30. The Balaban J connectivity index is 1.33. The molecule has 158 valence electrons. The van der Waals surface area contributed by atoms with E-state index in [1.807, 2.05) is 52.1 Å². The van der Waals surface area contributed by atoms with E-state index in [0.717, 1.165) is 53.6 Å². The molecule has 3 heterocycles. The van der Waals surface area contributed by atoms with Crippen LogP contribution in [0.25, 0.3) is 16.2 Å². The first-order chi connectivity index (χ1) is 14.6. The molecule has 8 heteroatoms. The molecule has 1 aliphatic rings. The highest BCUT2D eigenvalue weighted by Gasteiger charge is 2.19. The number of rotatable bonds is 9. The predicted molar refractivity (Wildman–Crippen MR) is 117 cm³/mol. The highest BCUT2D eigenvalue weighted by molar-refractivity contribution is 7.15. The summed E-state index contributed by atoms with van der Waals surface area (Å²) < 4.78 is 7.48. The molecule has 1 fully saturated rings. The van der Waals surface area contributed by atoms with Crippen LogP contribution in [0.15, 0.2) is 35.8 Å². The van der Waals surface area contributed by atoms with Gasteiger partial charge in [0, 0.05) is 48.9 Å². The van der Waals surface area contributed by atoms with Crippen molar-refractivity contribution in [2.24, 2.45) is 0 Å². The number of carbonyl (C=O) groups excluding carboxylic acids is 2. The summed E-state index contributed by atoms with van der Waals surface area (Å²) in [6.45, 7) is 4.74. The molecule has 1 N–H and O–H groups in total. The lowest BCUT2D eigenvalue weighted by atomic mass is 10.1. The van der Waals surface area contributed by atoms with Gasteiger partial charge in [-0.05, 0) is 44.0 Å². The summed E-state index contributed by atoms with van der Waals surface area (Å²) >= 11 is 1.53. The van der Waals surface area contributed by atoms with Gasteiger partial charge >= 0.3 is 0 Å².